The van der Waals surface area contributed by atoms with Gasteiger partial charge >= 0.3 is 0 Å². The largest absolute Gasteiger partial charge is 0.315 e. The summed E-state index contributed by atoms with van der Waals surface area (Å²) in [4.78, 5) is 1.30. The van der Waals surface area contributed by atoms with Crippen molar-refractivity contribution in [3.05, 3.63) is 24.3 Å². The van der Waals surface area contributed by atoms with E-state index >= 15 is 0 Å². The molecule has 0 spiro atoms. The molecule has 1 aromatic carbocycles. The number of hydrogen-bond donors (Lipinski definition) is 2. The topological polar surface area (TPSA) is 58.2 Å². The van der Waals surface area contributed by atoms with Gasteiger partial charge in [0.2, 0.25) is 10.0 Å². The molecule has 1 saturated heterocycles. The first-order chi connectivity index (χ1) is 9.03. The van der Waals surface area contributed by atoms with Crippen molar-refractivity contribution in [3.63, 3.8) is 0 Å². The summed E-state index contributed by atoms with van der Waals surface area (Å²) >= 11 is 1.54. The Bertz CT molecular complexity index is 531. The van der Waals surface area contributed by atoms with Crippen LogP contribution in [-0.4, -0.2) is 33.8 Å². The Kier molecular flexibility index (Phi) is 4.89. The van der Waals surface area contributed by atoms with Gasteiger partial charge in [-0.3, -0.25) is 0 Å². The third kappa shape index (κ3) is 3.72. The molecule has 1 fully saturated rings. The van der Waals surface area contributed by atoms with Crippen molar-refractivity contribution in [1.29, 1.82) is 0 Å². The predicted octanol–water partition coefficient (Wildman–Crippen LogP) is 1.68. The Hall–Kier alpha value is -0.560. The molecule has 0 saturated carbocycles. The zero-order valence-electron chi connectivity index (χ0n) is 11.2. The molecule has 1 aliphatic rings. The van der Waals surface area contributed by atoms with Gasteiger partial charge in [-0.1, -0.05) is 13.0 Å². The summed E-state index contributed by atoms with van der Waals surface area (Å²) in [6.45, 7) is 3.75. The fraction of sp³-hybridized carbons (Fsp3) is 0.538. The maximum absolute atomic E-state index is 12.4. The smallest absolute Gasteiger partial charge is 0.240 e. The number of thioether (sulfide) groups is 1. The zero-order valence-corrected chi connectivity index (χ0v) is 12.9. The van der Waals surface area contributed by atoms with Gasteiger partial charge in [-0.15, -0.1) is 11.8 Å². The highest BCUT2D eigenvalue weighted by Gasteiger charge is 2.26. The molecule has 106 valence electrons. The monoisotopic (exact) mass is 300 g/mol. The van der Waals surface area contributed by atoms with E-state index < -0.39 is 10.0 Å². The van der Waals surface area contributed by atoms with Crippen LogP contribution < -0.4 is 10.0 Å². The lowest BCUT2D eigenvalue weighted by Crippen LogP contribution is -2.50. The Morgan fingerprint density at radius 2 is 2.21 bits per heavy atom. The quantitative estimate of drug-likeness (QED) is 0.831. The maximum Gasteiger partial charge on any atom is 0.240 e. The Balaban J connectivity index is 2.17. The standard InChI is InChI=1S/C13H20N2O2S2/c1-10-6-7-14-9-13(10)15-19(16,17)12-5-3-4-11(8-12)18-2/h3-5,8,10,13-15H,6-7,9H2,1-2H3. The van der Waals surface area contributed by atoms with Gasteiger partial charge in [0.25, 0.3) is 0 Å². The predicted molar refractivity (Wildman–Crippen MR) is 79.0 cm³/mol. The van der Waals surface area contributed by atoms with Crippen LogP contribution in [0.4, 0.5) is 0 Å². The van der Waals surface area contributed by atoms with E-state index in [2.05, 4.69) is 17.0 Å². The lowest BCUT2D eigenvalue weighted by molar-refractivity contribution is 0.327. The highest BCUT2D eigenvalue weighted by Crippen LogP contribution is 2.20. The Morgan fingerprint density at radius 3 is 2.89 bits per heavy atom. The van der Waals surface area contributed by atoms with Crippen LogP contribution in [0.15, 0.2) is 34.1 Å². The van der Waals surface area contributed by atoms with Crippen LogP contribution in [0.1, 0.15) is 13.3 Å². The summed E-state index contributed by atoms with van der Waals surface area (Å²) in [5, 5.41) is 3.23. The van der Waals surface area contributed by atoms with E-state index in [9.17, 15) is 8.42 Å². The summed E-state index contributed by atoms with van der Waals surface area (Å²) in [5.41, 5.74) is 0. The minimum atomic E-state index is -3.43. The maximum atomic E-state index is 12.4. The van der Waals surface area contributed by atoms with Gasteiger partial charge in [0.05, 0.1) is 4.90 Å². The van der Waals surface area contributed by atoms with Crippen molar-refractivity contribution in [1.82, 2.24) is 10.0 Å². The van der Waals surface area contributed by atoms with Crippen LogP contribution >= 0.6 is 11.8 Å². The second-order valence-corrected chi connectivity index (χ2v) is 7.47. The summed E-state index contributed by atoms with van der Waals surface area (Å²) in [5.74, 6) is 0.361. The summed E-state index contributed by atoms with van der Waals surface area (Å²) < 4.78 is 27.5. The van der Waals surface area contributed by atoms with E-state index in [-0.39, 0.29) is 6.04 Å². The van der Waals surface area contributed by atoms with E-state index in [1.54, 1.807) is 30.0 Å². The average Bonchev–Trinajstić information content (AvgIpc) is 2.41. The second-order valence-electron chi connectivity index (χ2n) is 4.88. The average molecular weight is 300 g/mol. The van der Waals surface area contributed by atoms with Crippen molar-refractivity contribution in [2.24, 2.45) is 5.92 Å². The van der Waals surface area contributed by atoms with E-state index in [1.807, 2.05) is 12.3 Å². The summed E-state index contributed by atoms with van der Waals surface area (Å²) in [6, 6.07) is 7.02. The molecule has 2 atom stereocenters. The van der Waals surface area contributed by atoms with Gasteiger partial charge in [-0.05, 0) is 43.3 Å². The van der Waals surface area contributed by atoms with Crippen molar-refractivity contribution in [2.45, 2.75) is 29.2 Å². The molecular weight excluding hydrogens is 280 g/mol. The molecule has 0 amide bonds. The first kappa shape index (κ1) is 14.8. The molecule has 0 bridgehead atoms. The number of piperidine rings is 1. The van der Waals surface area contributed by atoms with Crippen LogP contribution in [0, 0.1) is 5.92 Å². The molecular formula is C13H20N2O2S2. The minimum Gasteiger partial charge on any atom is -0.315 e. The van der Waals surface area contributed by atoms with Crippen molar-refractivity contribution < 1.29 is 8.42 Å². The molecule has 2 rings (SSSR count). The minimum absolute atomic E-state index is 0.0308. The molecule has 2 N–H and O–H groups in total. The summed E-state index contributed by atoms with van der Waals surface area (Å²) in [7, 11) is -3.43. The second kappa shape index (κ2) is 6.26. The SMILES string of the molecule is CSc1cccc(S(=O)(=O)NC2CNCCC2C)c1. The first-order valence-corrected chi connectivity index (χ1v) is 9.11. The number of sulfonamides is 1. The van der Waals surface area contributed by atoms with Crippen LogP contribution in [0.25, 0.3) is 0 Å². The lowest BCUT2D eigenvalue weighted by atomic mass is 9.96. The van der Waals surface area contributed by atoms with Gasteiger partial charge in [0, 0.05) is 17.5 Å². The highest BCUT2D eigenvalue weighted by atomic mass is 32.2. The van der Waals surface area contributed by atoms with Gasteiger partial charge in [0.1, 0.15) is 0 Å². The molecule has 0 aliphatic carbocycles. The van der Waals surface area contributed by atoms with Gasteiger partial charge in [-0.25, -0.2) is 13.1 Å². The van der Waals surface area contributed by atoms with Crippen LogP contribution in [0.3, 0.4) is 0 Å². The number of benzene rings is 1. The Labute approximate surface area is 119 Å². The van der Waals surface area contributed by atoms with E-state index in [0.29, 0.717) is 17.4 Å². The third-order valence-electron chi connectivity index (χ3n) is 3.49. The normalized spacial score (nSPS) is 24.3. The number of rotatable bonds is 4. The number of nitrogens with one attached hydrogen (secondary N) is 2. The van der Waals surface area contributed by atoms with E-state index in [1.165, 1.54) is 0 Å². The molecule has 2 unspecified atom stereocenters. The van der Waals surface area contributed by atoms with Crippen molar-refractivity contribution in [2.75, 3.05) is 19.3 Å². The molecule has 1 heterocycles. The molecule has 4 nitrogen and oxygen atoms in total. The van der Waals surface area contributed by atoms with E-state index in [4.69, 9.17) is 0 Å². The molecule has 1 aliphatic heterocycles. The number of hydrogen-bond acceptors (Lipinski definition) is 4. The zero-order chi connectivity index (χ0) is 13.9. The highest BCUT2D eigenvalue weighted by molar-refractivity contribution is 7.98. The first-order valence-electron chi connectivity index (χ1n) is 6.40. The van der Waals surface area contributed by atoms with Gasteiger partial charge in [-0.2, -0.15) is 0 Å². The summed E-state index contributed by atoms with van der Waals surface area (Å²) in [6.07, 6.45) is 2.93. The van der Waals surface area contributed by atoms with Crippen LogP contribution in [-0.2, 0) is 10.0 Å². The van der Waals surface area contributed by atoms with Crippen LogP contribution in [0.5, 0.6) is 0 Å². The molecule has 0 aromatic heterocycles. The van der Waals surface area contributed by atoms with Gasteiger partial charge in [0.15, 0.2) is 0 Å². The fourth-order valence-electron chi connectivity index (χ4n) is 2.18. The lowest BCUT2D eigenvalue weighted by Gasteiger charge is -2.30. The molecule has 1 aromatic rings. The Morgan fingerprint density at radius 1 is 1.42 bits per heavy atom. The van der Waals surface area contributed by atoms with Crippen LogP contribution in [0.2, 0.25) is 0 Å². The fourth-order valence-corrected chi connectivity index (χ4v) is 4.11. The molecule has 19 heavy (non-hydrogen) atoms. The van der Waals surface area contributed by atoms with Crippen molar-refractivity contribution >= 4 is 21.8 Å². The molecule has 6 heteroatoms. The van der Waals surface area contributed by atoms with Gasteiger partial charge < -0.3 is 5.32 Å². The molecule has 0 radical (unpaired) electrons. The van der Waals surface area contributed by atoms with Crippen molar-refractivity contribution in [3.8, 4) is 0 Å². The third-order valence-corrected chi connectivity index (χ3v) is 5.70. The van der Waals surface area contributed by atoms with E-state index in [0.717, 1.165) is 17.9 Å².